The second-order valence-electron chi connectivity index (χ2n) is 7.15. The van der Waals surface area contributed by atoms with Crippen molar-refractivity contribution in [1.82, 2.24) is 10.2 Å². The number of nitrogens with zero attached hydrogens (tertiary/aromatic N) is 2. The Morgan fingerprint density at radius 2 is 1.60 bits per heavy atom. The van der Waals surface area contributed by atoms with Gasteiger partial charge in [0, 0.05) is 22.0 Å². The lowest BCUT2D eigenvalue weighted by molar-refractivity contribution is 0.0505. The van der Waals surface area contributed by atoms with Crippen LogP contribution in [0.3, 0.4) is 0 Å². The molecule has 3 aromatic carbocycles. The number of anilines is 2. The van der Waals surface area contributed by atoms with Gasteiger partial charge in [0.1, 0.15) is 5.69 Å². The van der Waals surface area contributed by atoms with Gasteiger partial charge in [0.25, 0.3) is 0 Å². The van der Waals surface area contributed by atoms with Crippen molar-refractivity contribution >= 4 is 28.2 Å². The van der Waals surface area contributed by atoms with E-state index in [4.69, 9.17) is 4.74 Å². The van der Waals surface area contributed by atoms with E-state index in [2.05, 4.69) is 34.6 Å². The first-order valence-corrected chi connectivity index (χ1v) is 10.0. The summed E-state index contributed by atoms with van der Waals surface area (Å²) >= 11 is 0. The first kappa shape index (κ1) is 19.6. The van der Waals surface area contributed by atoms with Crippen LogP contribution >= 0.6 is 0 Å². The summed E-state index contributed by atoms with van der Waals surface area (Å²) in [5.41, 5.74) is 4.36. The molecule has 0 radical (unpaired) electrons. The van der Waals surface area contributed by atoms with E-state index in [9.17, 15) is 4.79 Å². The van der Waals surface area contributed by atoms with Crippen LogP contribution in [-0.2, 0) is 4.74 Å². The second kappa shape index (κ2) is 8.74. The molecule has 0 aliphatic rings. The maximum atomic E-state index is 12.0. The Bertz CT molecular complexity index is 1170. The van der Waals surface area contributed by atoms with Gasteiger partial charge in [0.05, 0.1) is 12.2 Å². The third kappa shape index (κ3) is 4.15. The lowest BCUT2D eigenvalue weighted by atomic mass is 10.0. The highest BCUT2D eigenvalue weighted by Gasteiger charge is 2.13. The van der Waals surface area contributed by atoms with Gasteiger partial charge in [-0.05, 0) is 37.6 Å². The first-order valence-electron chi connectivity index (χ1n) is 10.0. The van der Waals surface area contributed by atoms with Gasteiger partial charge >= 0.3 is 5.97 Å². The van der Waals surface area contributed by atoms with E-state index < -0.39 is 0 Å². The molecular formula is C25H23N3O2. The highest BCUT2D eigenvalue weighted by molar-refractivity contribution is 6.01. The molecule has 150 valence electrons. The molecule has 5 heteroatoms. The fourth-order valence-corrected chi connectivity index (χ4v) is 3.23. The number of carbonyl (C=O) groups excluding carboxylic acids is 1. The van der Waals surface area contributed by atoms with Crippen molar-refractivity contribution in [2.24, 2.45) is 0 Å². The van der Waals surface area contributed by atoms with Crippen molar-refractivity contribution in [2.75, 3.05) is 11.9 Å². The fourth-order valence-electron chi connectivity index (χ4n) is 3.23. The van der Waals surface area contributed by atoms with Crippen LogP contribution in [0.25, 0.3) is 22.0 Å². The molecule has 0 aliphatic heterocycles. The number of fused-ring (bicyclic) bond motifs is 1. The Balaban J connectivity index is 1.67. The van der Waals surface area contributed by atoms with Crippen molar-refractivity contribution in [2.45, 2.75) is 20.3 Å². The molecule has 0 spiro atoms. The number of carbonyl (C=O) groups is 1. The third-order valence-electron chi connectivity index (χ3n) is 4.83. The van der Waals surface area contributed by atoms with Crippen molar-refractivity contribution in [3.05, 3.63) is 83.9 Å². The average molecular weight is 397 g/mol. The summed E-state index contributed by atoms with van der Waals surface area (Å²) in [5.74, 6) is 0.398. The zero-order valence-electron chi connectivity index (χ0n) is 17.1. The number of hydrogen-bond acceptors (Lipinski definition) is 5. The minimum absolute atomic E-state index is 0.308. The van der Waals surface area contributed by atoms with Gasteiger partial charge < -0.3 is 10.1 Å². The van der Waals surface area contributed by atoms with E-state index in [1.807, 2.05) is 55.5 Å². The quantitative estimate of drug-likeness (QED) is 0.409. The second-order valence-corrected chi connectivity index (χ2v) is 7.15. The summed E-state index contributed by atoms with van der Waals surface area (Å²) in [6.07, 6.45) is 0.800. The minimum atomic E-state index is -0.308. The molecule has 5 nitrogen and oxygen atoms in total. The van der Waals surface area contributed by atoms with Gasteiger partial charge in [-0.15, -0.1) is 10.2 Å². The number of aryl methyl sites for hydroxylation is 1. The minimum Gasteiger partial charge on any atom is -0.462 e. The van der Waals surface area contributed by atoms with Gasteiger partial charge in [-0.25, -0.2) is 4.79 Å². The Labute approximate surface area is 175 Å². The Morgan fingerprint density at radius 1 is 0.900 bits per heavy atom. The largest absolute Gasteiger partial charge is 0.462 e. The summed E-state index contributed by atoms with van der Waals surface area (Å²) in [7, 11) is 0. The van der Waals surface area contributed by atoms with Gasteiger partial charge in [-0.3, -0.25) is 0 Å². The topological polar surface area (TPSA) is 64.1 Å². The molecule has 0 atom stereocenters. The fraction of sp³-hybridized carbons (Fsp3) is 0.160. The van der Waals surface area contributed by atoms with E-state index in [0.717, 1.165) is 34.1 Å². The van der Waals surface area contributed by atoms with Crippen LogP contribution in [0.2, 0.25) is 0 Å². The predicted octanol–water partition coefficient (Wildman–Crippen LogP) is 5.92. The molecule has 0 fully saturated rings. The van der Waals surface area contributed by atoms with E-state index in [0.29, 0.717) is 18.0 Å². The van der Waals surface area contributed by atoms with Crippen molar-refractivity contribution in [3.8, 4) is 11.3 Å². The molecule has 0 saturated heterocycles. The van der Waals surface area contributed by atoms with Crippen LogP contribution in [0, 0.1) is 6.92 Å². The lowest BCUT2D eigenvalue weighted by Crippen LogP contribution is -2.05. The van der Waals surface area contributed by atoms with E-state index in [1.165, 1.54) is 5.56 Å². The number of hydrogen-bond donors (Lipinski definition) is 1. The Hall–Kier alpha value is -3.73. The summed E-state index contributed by atoms with van der Waals surface area (Å²) in [6.45, 7) is 4.45. The molecule has 1 N–H and O–H groups in total. The summed E-state index contributed by atoms with van der Waals surface area (Å²) < 4.78 is 5.20. The van der Waals surface area contributed by atoms with Gasteiger partial charge in [0.2, 0.25) is 0 Å². The van der Waals surface area contributed by atoms with Crippen LogP contribution in [0.15, 0.2) is 72.8 Å². The highest BCUT2D eigenvalue weighted by atomic mass is 16.5. The molecule has 0 saturated carbocycles. The summed E-state index contributed by atoms with van der Waals surface area (Å²) in [5, 5.41) is 14.3. The van der Waals surface area contributed by atoms with Crippen LogP contribution < -0.4 is 5.32 Å². The first-order chi connectivity index (χ1) is 14.7. The van der Waals surface area contributed by atoms with E-state index in [-0.39, 0.29) is 5.97 Å². The zero-order chi connectivity index (χ0) is 20.9. The van der Waals surface area contributed by atoms with Gasteiger partial charge in [0.15, 0.2) is 5.82 Å². The number of rotatable bonds is 6. The molecule has 1 heterocycles. The van der Waals surface area contributed by atoms with Gasteiger partial charge in [-0.1, -0.05) is 61.0 Å². The number of ether oxygens (including phenoxy) is 1. The lowest BCUT2D eigenvalue weighted by Gasteiger charge is -2.12. The number of benzene rings is 3. The molecule has 0 amide bonds. The average Bonchev–Trinajstić information content (AvgIpc) is 2.79. The Morgan fingerprint density at radius 3 is 2.30 bits per heavy atom. The molecule has 4 rings (SSSR count). The molecule has 0 aliphatic carbocycles. The maximum Gasteiger partial charge on any atom is 0.338 e. The number of aromatic nitrogens is 2. The van der Waals surface area contributed by atoms with Crippen molar-refractivity contribution in [1.29, 1.82) is 0 Å². The summed E-state index contributed by atoms with van der Waals surface area (Å²) in [4.78, 5) is 12.0. The molecule has 30 heavy (non-hydrogen) atoms. The summed E-state index contributed by atoms with van der Waals surface area (Å²) in [6, 6.07) is 23.5. The van der Waals surface area contributed by atoms with Gasteiger partial charge in [-0.2, -0.15) is 0 Å². The van der Waals surface area contributed by atoms with Crippen molar-refractivity contribution in [3.63, 3.8) is 0 Å². The highest BCUT2D eigenvalue weighted by Crippen LogP contribution is 2.31. The molecule has 4 aromatic rings. The number of esters is 1. The van der Waals surface area contributed by atoms with Crippen LogP contribution in [0.1, 0.15) is 29.3 Å². The standard InChI is InChI=1S/C25H23N3O2/c1-3-16-30-25(29)19-12-10-18(11-13-19)23-21-6-4-5-7-22(21)24(28-27-23)26-20-14-8-17(2)9-15-20/h4-15H,3,16H2,1-2H3,(H,26,28). The SMILES string of the molecule is CCCOC(=O)c1ccc(-c2nnc(Nc3ccc(C)cc3)c3ccccc23)cc1. The molecular weight excluding hydrogens is 374 g/mol. The monoisotopic (exact) mass is 397 g/mol. The van der Waals surface area contributed by atoms with Crippen molar-refractivity contribution < 1.29 is 9.53 Å². The van der Waals surface area contributed by atoms with Crippen LogP contribution in [-0.4, -0.2) is 22.8 Å². The smallest absolute Gasteiger partial charge is 0.338 e. The predicted molar refractivity (Wildman–Crippen MR) is 120 cm³/mol. The normalized spacial score (nSPS) is 10.7. The van der Waals surface area contributed by atoms with Crippen LogP contribution in [0.5, 0.6) is 0 Å². The van der Waals surface area contributed by atoms with Crippen LogP contribution in [0.4, 0.5) is 11.5 Å². The third-order valence-corrected chi connectivity index (χ3v) is 4.83. The van der Waals surface area contributed by atoms with E-state index >= 15 is 0 Å². The molecule has 0 bridgehead atoms. The number of nitrogens with one attached hydrogen (secondary N) is 1. The van der Waals surface area contributed by atoms with E-state index in [1.54, 1.807) is 12.1 Å². The molecule has 0 unspecified atom stereocenters. The molecule has 1 aromatic heterocycles. The maximum absolute atomic E-state index is 12.0. The Kier molecular flexibility index (Phi) is 5.70. The zero-order valence-corrected chi connectivity index (χ0v) is 17.1.